The Labute approximate surface area is 118 Å². The van der Waals surface area contributed by atoms with Crippen LogP contribution >= 0.6 is 0 Å². The van der Waals surface area contributed by atoms with E-state index in [0.717, 1.165) is 5.56 Å². The summed E-state index contributed by atoms with van der Waals surface area (Å²) in [6.45, 7) is 3.95. The Bertz CT molecular complexity index is 477. The number of hydrogen-bond acceptors (Lipinski definition) is 3. The molecule has 0 saturated carbocycles. The molecule has 20 heavy (non-hydrogen) atoms. The van der Waals surface area contributed by atoms with Crippen LogP contribution in [0.4, 0.5) is 4.79 Å². The van der Waals surface area contributed by atoms with E-state index < -0.39 is 18.2 Å². The fourth-order valence-corrected chi connectivity index (χ4v) is 2.06. The maximum atomic E-state index is 10.8. The lowest BCUT2D eigenvalue weighted by Crippen LogP contribution is -2.44. The molecular formula is C15H20N2O3. The fourth-order valence-electron chi connectivity index (χ4n) is 2.06. The van der Waals surface area contributed by atoms with Gasteiger partial charge in [0.2, 0.25) is 0 Å². The van der Waals surface area contributed by atoms with Crippen LogP contribution in [0.15, 0.2) is 24.3 Å². The predicted octanol–water partition coefficient (Wildman–Crippen LogP) is 2.14. The Balaban J connectivity index is 2.77. The second kappa shape index (κ2) is 7.51. The molecule has 0 saturated heterocycles. The van der Waals surface area contributed by atoms with Crippen molar-refractivity contribution >= 4 is 6.09 Å². The number of rotatable bonds is 6. The molecule has 1 aromatic carbocycles. The quantitative estimate of drug-likeness (QED) is 0.742. The van der Waals surface area contributed by atoms with E-state index in [1.807, 2.05) is 19.9 Å². The number of nitrogens with one attached hydrogen (secondary N) is 1. The van der Waals surface area contributed by atoms with Crippen LogP contribution in [0.25, 0.3) is 0 Å². The summed E-state index contributed by atoms with van der Waals surface area (Å²) < 4.78 is 0. The first-order valence-electron chi connectivity index (χ1n) is 6.59. The molecule has 3 N–H and O–H groups in total. The predicted molar refractivity (Wildman–Crippen MR) is 75.3 cm³/mol. The Morgan fingerprint density at radius 2 is 1.95 bits per heavy atom. The minimum absolute atomic E-state index is 0.282. The van der Waals surface area contributed by atoms with Crippen LogP contribution in [0.5, 0.6) is 0 Å². The van der Waals surface area contributed by atoms with Gasteiger partial charge in [-0.3, -0.25) is 0 Å². The molecule has 0 aliphatic heterocycles. The van der Waals surface area contributed by atoms with Crippen molar-refractivity contribution in [3.8, 4) is 6.07 Å². The van der Waals surface area contributed by atoms with Gasteiger partial charge >= 0.3 is 6.09 Å². The van der Waals surface area contributed by atoms with Gasteiger partial charge in [-0.2, -0.15) is 5.26 Å². The highest BCUT2D eigenvalue weighted by Gasteiger charge is 2.22. The molecule has 0 aliphatic carbocycles. The van der Waals surface area contributed by atoms with Gasteiger partial charge in [-0.25, -0.2) is 4.79 Å². The first kappa shape index (κ1) is 16.0. The van der Waals surface area contributed by atoms with Crippen molar-refractivity contribution in [2.75, 3.05) is 0 Å². The van der Waals surface area contributed by atoms with E-state index in [4.69, 9.17) is 10.4 Å². The number of aliphatic hydroxyl groups excluding tert-OH is 1. The van der Waals surface area contributed by atoms with E-state index in [1.165, 1.54) is 0 Å². The molecule has 1 amide bonds. The Kier molecular flexibility index (Phi) is 6.01. The van der Waals surface area contributed by atoms with Gasteiger partial charge in [-0.15, -0.1) is 0 Å². The standard InChI is InChI=1S/C15H20N2O3/c1-10(2)7-14(18)13(17-15(19)20)8-11-3-5-12(9-16)6-4-11/h3-6,10,13-14,17-18H,7-8H2,1-2H3,(H,19,20). The number of hydrogen-bond donors (Lipinski definition) is 3. The molecule has 1 aromatic rings. The van der Waals surface area contributed by atoms with Crippen molar-refractivity contribution in [3.63, 3.8) is 0 Å². The number of aliphatic hydroxyl groups is 1. The lowest BCUT2D eigenvalue weighted by Gasteiger charge is -2.24. The monoisotopic (exact) mass is 276 g/mol. The lowest BCUT2D eigenvalue weighted by atomic mass is 9.95. The zero-order valence-electron chi connectivity index (χ0n) is 11.7. The second-order valence-corrected chi connectivity index (χ2v) is 5.27. The summed E-state index contributed by atoms with van der Waals surface area (Å²) in [5, 5.41) is 30.1. The molecule has 0 fully saturated rings. The Morgan fingerprint density at radius 3 is 2.40 bits per heavy atom. The SMILES string of the molecule is CC(C)CC(O)C(Cc1ccc(C#N)cc1)NC(=O)O. The number of carbonyl (C=O) groups is 1. The Hall–Kier alpha value is -2.06. The van der Waals surface area contributed by atoms with Gasteiger partial charge in [-0.05, 0) is 36.5 Å². The van der Waals surface area contributed by atoms with Crippen molar-refractivity contribution in [1.29, 1.82) is 5.26 Å². The van der Waals surface area contributed by atoms with Crippen LogP contribution in [0, 0.1) is 17.2 Å². The number of benzene rings is 1. The fraction of sp³-hybridized carbons (Fsp3) is 0.467. The minimum atomic E-state index is -1.15. The molecule has 2 atom stereocenters. The molecule has 0 heterocycles. The molecule has 2 unspecified atom stereocenters. The third kappa shape index (κ3) is 5.29. The maximum Gasteiger partial charge on any atom is 0.404 e. The first-order chi connectivity index (χ1) is 9.42. The van der Waals surface area contributed by atoms with Crippen molar-refractivity contribution in [2.24, 2.45) is 5.92 Å². The average Bonchev–Trinajstić information content (AvgIpc) is 2.37. The van der Waals surface area contributed by atoms with Gasteiger partial charge in [0.25, 0.3) is 0 Å². The third-order valence-corrected chi connectivity index (χ3v) is 3.02. The van der Waals surface area contributed by atoms with Crippen LogP contribution < -0.4 is 5.32 Å². The maximum absolute atomic E-state index is 10.8. The second-order valence-electron chi connectivity index (χ2n) is 5.27. The molecule has 5 heteroatoms. The van der Waals surface area contributed by atoms with E-state index >= 15 is 0 Å². The van der Waals surface area contributed by atoms with Crippen molar-refractivity contribution in [2.45, 2.75) is 38.8 Å². The normalized spacial score (nSPS) is 13.6. The molecule has 0 aliphatic rings. The summed E-state index contributed by atoms with van der Waals surface area (Å²) in [5.74, 6) is 0.282. The van der Waals surface area contributed by atoms with Gasteiger partial charge in [0.05, 0.1) is 23.8 Å². The summed E-state index contributed by atoms with van der Waals surface area (Å²) >= 11 is 0. The van der Waals surface area contributed by atoms with Crippen molar-refractivity contribution in [3.05, 3.63) is 35.4 Å². The summed E-state index contributed by atoms with van der Waals surface area (Å²) in [5.41, 5.74) is 1.43. The zero-order chi connectivity index (χ0) is 15.1. The van der Waals surface area contributed by atoms with E-state index in [-0.39, 0.29) is 5.92 Å². The summed E-state index contributed by atoms with van der Waals surface area (Å²) in [4.78, 5) is 10.8. The molecule has 0 bridgehead atoms. The summed E-state index contributed by atoms with van der Waals surface area (Å²) in [6, 6.07) is 8.39. The Morgan fingerprint density at radius 1 is 1.35 bits per heavy atom. The van der Waals surface area contributed by atoms with E-state index in [2.05, 4.69) is 5.32 Å². The number of nitriles is 1. The minimum Gasteiger partial charge on any atom is -0.465 e. The topological polar surface area (TPSA) is 93.4 Å². The van der Waals surface area contributed by atoms with Gasteiger partial charge in [0.15, 0.2) is 0 Å². The van der Waals surface area contributed by atoms with Gasteiger partial charge in [-0.1, -0.05) is 26.0 Å². The van der Waals surface area contributed by atoms with Crippen LogP contribution in [-0.4, -0.2) is 28.5 Å². The van der Waals surface area contributed by atoms with Gasteiger partial charge in [0.1, 0.15) is 0 Å². The third-order valence-electron chi connectivity index (χ3n) is 3.02. The molecule has 0 aromatic heterocycles. The number of nitrogens with zero attached hydrogens (tertiary/aromatic N) is 1. The first-order valence-corrected chi connectivity index (χ1v) is 6.59. The highest BCUT2D eigenvalue weighted by atomic mass is 16.4. The van der Waals surface area contributed by atoms with Crippen LogP contribution in [0.3, 0.4) is 0 Å². The summed E-state index contributed by atoms with van der Waals surface area (Å²) in [7, 11) is 0. The molecule has 1 rings (SSSR count). The smallest absolute Gasteiger partial charge is 0.404 e. The highest BCUT2D eigenvalue weighted by molar-refractivity contribution is 5.65. The molecular weight excluding hydrogens is 256 g/mol. The van der Waals surface area contributed by atoms with E-state index in [0.29, 0.717) is 18.4 Å². The van der Waals surface area contributed by atoms with E-state index in [9.17, 15) is 9.90 Å². The number of amides is 1. The largest absolute Gasteiger partial charge is 0.465 e. The summed E-state index contributed by atoms with van der Waals surface area (Å²) in [6.07, 6.45) is -0.958. The van der Waals surface area contributed by atoms with Gasteiger partial charge in [0, 0.05) is 0 Å². The van der Waals surface area contributed by atoms with Crippen LogP contribution in [0.2, 0.25) is 0 Å². The van der Waals surface area contributed by atoms with Crippen molar-refractivity contribution in [1.82, 2.24) is 5.32 Å². The van der Waals surface area contributed by atoms with E-state index in [1.54, 1.807) is 24.3 Å². The zero-order valence-corrected chi connectivity index (χ0v) is 11.7. The van der Waals surface area contributed by atoms with Gasteiger partial charge < -0.3 is 15.5 Å². The molecule has 108 valence electrons. The molecule has 5 nitrogen and oxygen atoms in total. The molecule has 0 spiro atoms. The van der Waals surface area contributed by atoms with Crippen LogP contribution in [0.1, 0.15) is 31.4 Å². The van der Waals surface area contributed by atoms with Crippen molar-refractivity contribution < 1.29 is 15.0 Å². The molecule has 0 radical (unpaired) electrons. The van der Waals surface area contributed by atoms with Crippen LogP contribution in [-0.2, 0) is 6.42 Å². The highest BCUT2D eigenvalue weighted by Crippen LogP contribution is 2.13. The number of carboxylic acid groups (broad SMARTS) is 1. The lowest BCUT2D eigenvalue weighted by molar-refractivity contribution is 0.101. The average molecular weight is 276 g/mol.